The minimum atomic E-state index is -1.18. The molecule has 2 heteroatoms. The van der Waals surface area contributed by atoms with Crippen LogP contribution < -0.4 is 0 Å². The van der Waals surface area contributed by atoms with E-state index in [-0.39, 0.29) is 6.10 Å². The second-order valence-electron chi connectivity index (χ2n) is 5.85. The van der Waals surface area contributed by atoms with E-state index in [4.69, 9.17) is 0 Å². The molecule has 0 aromatic heterocycles. The van der Waals surface area contributed by atoms with E-state index in [2.05, 4.69) is 31.8 Å². The molecule has 0 unspecified atom stereocenters. The van der Waals surface area contributed by atoms with Crippen LogP contribution in [-0.2, 0) is 0 Å². The molecule has 1 nitrogen and oxygen atoms in total. The number of fused-ring (bicyclic) bond motifs is 1. The van der Waals surface area contributed by atoms with E-state index in [9.17, 15) is 5.11 Å². The molecule has 0 aromatic rings. The van der Waals surface area contributed by atoms with Gasteiger partial charge in [-0.2, -0.15) is 0 Å². The first-order chi connectivity index (χ1) is 7.00. The largest absolute Gasteiger partial charge is 0.392 e. The lowest BCUT2D eigenvalue weighted by Gasteiger charge is -2.25. The highest BCUT2D eigenvalue weighted by molar-refractivity contribution is 6.83. The molecule has 0 aliphatic heterocycles. The van der Waals surface area contributed by atoms with Gasteiger partial charge in [0.05, 0.1) is 14.2 Å². The molecule has 2 aliphatic carbocycles. The molecule has 0 aromatic carbocycles. The first kappa shape index (κ1) is 11.2. The molecule has 1 saturated carbocycles. The molecule has 0 spiro atoms. The predicted molar refractivity (Wildman–Crippen MR) is 67.5 cm³/mol. The van der Waals surface area contributed by atoms with Crippen LogP contribution in [0.2, 0.25) is 19.6 Å². The summed E-state index contributed by atoms with van der Waals surface area (Å²) in [6.07, 6.45) is 8.93. The summed E-state index contributed by atoms with van der Waals surface area (Å²) in [6, 6.07) is 0. The smallest absolute Gasteiger partial charge is 0.0724 e. The molecule has 84 valence electrons. The summed E-state index contributed by atoms with van der Waals surface area (Å²) >= 11 is 0. The molecule has 0 amide bonds. The molecule has 1 fully saturated rings. The second-order valence-corrected chi connectivity index (χ2v) is 11.0. The Bertz CT molecular complexity index is 309. The van der Waals surface area contributed by atoms with Crippen LogP contribution in [0.15, 0.2) is 22.9 Å². The normalized spacial score (nSPS) is 31.7. The fraction of sp³-hybridized carbons (Fsp3) is 0.692. The Morgan fingerprint density at radius 3 is 2.67 bits per heavy atom. The maximum atomic E-state index is 9.96. The van der Waals surface area contributed by atoms with Gasteiger partial charge < -0.3 is 5.11 Å². The van der Waals surface area contributed by atoms with Gasteiger partial charge in [-0.25, -0.2) is 0 Å². The van der Waals surface area contributed by atoms with Crippen LogP contribution >= 0.6 is 0 Å². The number of hydrogen-bond acceptors (Lipinski definition) is 1. The summed E-state index contributed by atoms with van der Waals surface area (Å²) in [6.45, 7) is 7.30. The molecule has 0 bridgehead atoms. The van der Waals surface area contributed by atoms with E-state index in [1.54, 1.807) is 10.8 Å². The number of hydrogen-bond donors (Lipinski definition) is 1. The molecule has 2 aliphatic rings. The zero-order chi connectivity index (χ0) is 11.1. The van der Waals surface area contributed by atoms with Gasteiger partial charge in [0, 0.05) is 5.92 Å². The summed E-state index contributed by atoms with van der Waals surface area (Å²) in [5.74, 6) is 0.356. The number of allylic oxidation sites excluding steroid dienone is 2. The number of rotatable bonds is 1. The van der Waals surface area contributed by atoms with Gasteiger partial charge >= 0.3 is 0 Å². The van der Waals surface area contributed by atoms with Crippen molar-refractivity contribution in [2.45, 2.75) is 51.4 Å². The zero-order valence-corrected chi connectivity index (χ0v) is 11.1. The Morgan fingerprint density at radius 2 is 2.00 bits per heavy atom. The molecular weight excluding hydrogens is 200 g/mol. The molecule has 1 N–H and O–H groups in total. The van der Waals surface area contributed by atoms with Crippen LogP contribution in [0.1, 0.15) is 25.7 Å². The fourth-order valence-electron chi connectivity index (χ4n) is 2.97. The number of aliphatic hydroxyl groups is 1. The van der Waals surface area contributed by atoms with E-state index in [1.807, 2.05) is 0 Å². The van der Waals surface area contributed by atoms with E-state index in [0.717, 1.165) is 12.8 Å². The van der Waals surface area contributed by atoms with Crippen LogP contribution in [0.4, 0.5) is 0 Å². The van der Waals surface area contributed by atoms with Crippen LogP contribution in [0.3, 0.4) is 0 Å². The Hall–Kier alpha value is -0.343. The Morgan fingerprint density at radius 1 is 1.27 bits per heavy atom. The SMILES string of the molecule is C[Si](C)(C)C1=C2CC[C@H](O)[C@@H]2C=CCC1. The van der Waals surface area contributed by atoms with E-state index >= 15 is 0 Å². The monoisotopic (exact) mass is 222 g/mol. The van der Waals surface area contributed by atoms with Crippen LogP contribution in [-0.4, -0.2) is 19.3 Å². The predicted octanol–water partition coefficient (Wildman–Crippen LogP) is 3.28. The Balaban J connectivity index is 2.40. The van der Waals surface area contributed by atoms with Gasteiger partial charge in [0.2, 0.25) is 0 Å². The first-order valence-corrected chi connectivity index (χ1v) is 9.57. The van der Waals surface area contributed by atoms with Crippen molar-refractivity contribution >= 4 is 8.07 Å². The number of aliphatic hydroxyl groups excluding tert-OH is 1. The third kappa shape index (κ3) is 2.11. The summed E-state index contributed by atoms with van der Waals surface area (Å²) < 4.78 is 0. The van der Waals surface area contributed by atoms with Gasteiger partial charge in [-0.15, -0.1) is 0 Å². The minimum absolute atomic E-state index is 0.110. The second kappa shape index (κ2) is 3.91. The molecule has 0 radical (unpaired) electrons. The van der Waals surface area contributed by atoms with Gasteiger partial charge in [-0.1, -0.05) is 42.6 Å². The molecule has 2 atom stereocenters. The first-order valence-electron chi connectivity index (χ1n) is 6.07. The van der Waals surface area contributed by atoms with Crippen molar-refractivity contribution in [3.05, 3.63) is 22.9 Å². The summed E-state index contributed by atoms with van der Waals surface area (Å²) in [5, 5.41) is 11.7. The Kier molecular flexibility index (Phi) is 2.91. The van der Waals surface area contributed by atoms with Gasteiger partial charge in [-0.3, -0.25) is 0 Å². The Labute approximate surface area is 93.9 Å². The van der Waals surface area contributed by atoms with E-state index in [0.29, 0.717) is 5.92 Å². The molecule has 15 heavy (non-hydrogen) atoms. The fourth-order valence-corrected chi connectivity index (χ4v) is 5.12. The lowest BCUT2D eigenvalue weighted by Crippen LogP contribution is -2.26. The summed E-state index contributed by atoms with van der Waals surface area (Å²) in [5.41, 5.74) is 1.59. The van der Waals surface area contributed by atoms with Crippen molar-refractivity contribution in [3.8, 4) is 0 Å². The van der Waals surface area contributed by atoms with Gasteiger partial charge in [0.25, 0.3) is 0 Å². The highest BCUT2D eigenvalue weighted by Crippen LogP contribution is 2.40. The third-order valence-corrected chi connectivity index (χ3v) is 6.11. The van der Waals surface area contributed by atoms with Gasteiger partial charge in [0.1, 0.15) is 0 Å². The topological polar surface area (TPSA) is 20.2 Å². The minimum Gasteiger partial charge on any atom is -0.392 e. The summed E-state index contributed by atoms with van der Waals surface area (Å²) in [4.78, 5) is 0. The third-order valence-electron chi connectivity index (χ3n) is 3.72. The molecule has 2 rings (SSSR count). The van der Waals surface area contributed by atoms with E-state index in [1.165, 1.54) is 12.8 Å². The summed E-state index contributed by atoms with van der Waals surface area (Å²) in [7, 11) is -1.18. The zero-order valence-electron chi connectivity index (χ0n) is 10.1. The van der Waals surface area contributed by atoms with Crippen molar-refractivity contribution in [3.63, 3.8) is 0 Å². The van der Waals surface area contributed by atoms with Crippen molar-refractivity contribution in [2.24, 2.45) is 5.92 Å². The highest BCUT2D eigenvalue weighted by Gasteiger charge is 2.34. The van der Waals surface area contributed by atoms with Crippen LogP contribution in [0.25, 0.3) is 0 Å². The lowest BCUT2D eigenvalue weighted by molar-refractivity contribution is 0.159. The van der Waals surface area contributed by atoms with Crippen molar-refractivity contribution in [2.75, 3.05) is 0 Å². The lowest BCUT2D eigenvalue weighted by atomic mass is 10.0. The van der Waals surface area contributed by atoms with Gasteiger partial charge in [0.15, 0.2) is 0 Å². The maximum absolute atomic E-state index is 9.96. The maximum Gasteiger partial charge on any atom is 0.0724 e. The average Bonchev–Trinajstić information content (AvgIpc) is 2.36. The average molecular weight is 222 g/mol. The van der Waals surface area contributed by atoms with Crippen molar-refractivity contribution < 1.29 is 5.11 Å². The van der Waals surface area contributed by atoms with Crippen molar-refractivity contribution in [1.29, 1.82) is 0 Å². The molecule has 0 heterocycles. The molecular formula is C13H22OSi. The van der Waals surface area contributed by atoms with Crippen LogP contribution in [0, 0.1) is 5.92 Å². The highest BCUT2D eigenvalue weighted by atomic mass is 28.3. The quantitative estimate of drug-likeness (QED) is 0.533. The molecule has 0 saturated heterocycles. The van der Waals surface area contributed by atoms with Crippen LogP contribution in [0.5, 0.6) is 0 Å². The van der Waals surface area contributed by atoms with Gasteiger partial charge in [-0.05, 0) is 25.7 Å². The van der Waals surface area contributed by atoms with E-state index < -0.39 is 8.07 Å². The standard InChI is InChI=1S/C13H22OSi/c1-15(2,3)13-7-5-4-6-10-11(13)8-9-12(10)14/h4,6,10,12,14H,5,7-9H2,1-3H3/t10-,12+/m1/s1. The van der Waals surface area contributed by atoms with Crippen molar-refractivity contribution in [1.82, 2.24) is 0 Å².